The van der Waals surface area contributed by atoms with E-state index in [1.165, 1.54) is 0 Å². The molecule has 3 N–H and O–H groups in total. The van der Waals surface area contributed by atoms with E-state index in [1.54, 1.807) is 12.3 Å². The van der Waals surface area contributed by atoms with E-state index in [9.17, 15) is 8.42 Å². The summed E-state index contributed by atoms with van der Waals surface area (Å²) in [6, 6.07) is 2.02. The largest absolute Gasteiger partial charge is 0.363 e. The molecule has 1 fully saturated rings. The maximum absolute atomic E-state index is 12.3. The lowest BCUT2D eigenvalue weighted by molar-refractivity contribution is 0.268. The number of nitrogens with zero attached hydrogens (tertiary/aromatic N) is 1. The van der Waals surface area contributed by atoms with Crippen molar-refractivity contribution in [2.45, 2.75) is 44.2 Å². The lowest BCUT2D eigenvalue weighted by Crippen LogP contribution is -2.39. The highest BCUT2D eigenvalue weighted by Crippen LogP contribution is 2.17. The van der Waals surface area contributed by atoms with Crippen LogP contribution >= 0.6 is 0 Å². The van der Waals surface area contributed by atoms with Crippen LogP contribution < -0.4 is 10.0 Å². The molecule has 7 heteroatoms. The zero-order chi connectivity index (χ0) is 15.3. The first-order valence-corrected chi connectivity index (χ1v) is 9.17. The van der Waals surface area contributed by atoms with Crippen molar-refractivity contribution in [3.8, 4) is 0 Å². The van der Waals surface area contributed by atoms with Crippen molar-refractivity contribution in [1.82, 2.24) is 19.9 Å². The van der Waals surface area contributed by atoms with Crippen LogP contribution in [0.3, 0.4) is 0 Å². The maximum Gasteiger partial charge on any atom is 0.242 e. The Morgan fingerprint density at radius 2 is 2.24 bits per heavy atom. The van der Waals surface area contributed by atoms with Gasteiger partial charge in [-0.15, -0.1) is 0 Å². The van der Waals surface area contributed by atoms with Crippen LogP contribution in [0.4, 0.5) is 0 Å². The van der Waals surface area contributed by atoms with Crippen LogP contribution in [0, 0.1) is 0 Å². The predicted molar refractivity (Wildman–Crippen MR) is 83.6 cm³/mol. The Balaban J connectivity index is 1.93. The maximum atomic E-state index is 12.3. The summed E-state index contributed by atoms with van der Waals surface area (Å²) in [6.45, 7) is 8.18. The molecule has 2 rings (SSSR count). The van der Waals surface area contributed by atoms with E-state index in [-0.39, 0.29) is 0 Å². The second-order valence-electron chi connectivity index (χ2n) is 5.42. The Morgan fingerprint density at radius 1 is 1.43 bits per heavy atom. The van der Waals surface area contributed by atoms with Crippen molar-refractivity contribution in [2.24, 2.45) is 0 Å². The van der Waals surface area contributed by atoms with Gasteiger partial charge in [-0.2, -0.15) is 0 Å². The Morgan fingerprint density at radius 3 is 2.95 bits per heavy atom. The second-order valence-corrected chi connectivity index (χ2v) is 7.18. The van der Waals surface area contributed by atoms with Gasteiger partial charge >= 0.3 is 0 Å². The molecule has 0 aromatic carbocycles. The van der Waals surface area contributed by atoms with Gasteiger partial charge in [-0.1, -0.05) is 13.8 Å². The molecular weight excluding hydrogens is 288 g/mol. The van der Waals surface area contributed by atoms with Crippen LogP contribution in [0.5, 0.6) is 0 Å². The number of likely N-dealkylation sites (tertiary alicyclic amines) is 1. The lowest BCUT2D eigenvalue weighted by atomic mass is 10.2. The fraction of sp³-hybridized carbons (Fsp3) is 0.714. The van der Waals surface area contributed by atoms with Gasteiger partial charge in [0.2, 0.25) is 10.0 Å². The van der Waals surface area contributed by atoms with Gasteiger partial charge in [-0.25, -0.2) is 13.1 Å². The van der Waals surface area contributed by atoms with Gasteiger partial charge in [0.15, 0.2) is 0 Å². The summed E-state index contributed by atoms with van der Waals surface area (Å²) in [4.78, 5) is 5.65. The van der Waals surface area contributed by atoms with E-state index in [2.05, 4.69) is 26.8 Å². The summed E-state index contributed by atoms with van der Waals surface area (Å²) in [6.07, 6.45) is 3.77. The Labute approximate surface area is 127 Å². The van der Waals surface area contributed by atoms with Crippen molar-refractivity contribution >= 4 is 10.0 Å². The van der Waals surface area contributed by atoms with E-state index in [4.69, 9.17) is 0 Å². The first-order valence-electron chi connectivity index (χ1n) is 7.68. The third-order valence-corrected chi connectivity index (χ3v) is 5.41. The molecule has 1 unspecified atom stereocenters. The summed E-state index contributed by atoms with van der Waals surface area (Å²) >= 11 is 0. The minimum atomic E-state index is -3.42. The van der Waals surface area contributed by atoms with Crippen molar-refractivity contribution in [1.29, 1.82) is 0 Å². The molecule has 2 heterocycles. The molecular formula is C14H26N4O2S. The van der Waals surface area contributed by atoms with Crippen LogP contribution in [-0.4, -0.2) is 50.5 Å². The number of hydrogen-bond acceptors (Lipinski definition) is 4. The number of H-pyrrole nitrogens is 1. The van der Waals surface area contributed by atoms with Gasteiger partial charge < -0.3 is 10.3 Å². The van der Waals surface area contributed by atoms with Gasteiger partial charge in [0.25, 0.3) is 0 Å². The number of rotatable bonds is 8. The monoisotopic (exact) mass is 314 g/mol. The molecule has 21 heavy (non-hydrogen) atoms. The number of aromatic nitrogens is 1. The molecule has 120 valence electrons. The van der Waals surface area contributed by atoms with E-state index in [1.807, 2.05) is 6.92 Å². The van der Waals surface area contributed by atoms with Gasteiger partial charge in [0.1, 0.15) is 0 Å². The molecule has 0 spiro atoms. The normalized spacial score (nSPS) is 20.2. The third kappa shape index (κ3) is 4.29. The highest BCUT2D eigenvalue weighted by molar-refractivity contribution is 7.89. The number of nitrogens with one attached hydrogen (secondary N) is 3. The van der Waals surface area contributed by atoms with Crippen LogP contribution in [0.25, 0.3) is 0 Å². The average molecular weight is 314 g/mol. The minimum absolute atomic E-state index is 0.316. The zero-order valence-electron chi connectivity index (χ0n) is 12.9. The zero-order valence-corrected chi connectivity index (χ0v) is 13.7. The average Bonchev–Trinajstić information content (AvgIpc) is 3.12. The number of hydrogen-bond donors (Lipinski definition) is 3. The molecule has 1 aromatic heterocycles. The minimum Gasteiger partial charge on any atom is -0.363 e. The molecule has 1 aliphatic rings. The third-order valence-electron chi connectivity index (χ3n) is 4.01. The second kappa shape index (κ2) is 7.40. The fourth-order valence-electron chi connectivity index (χ4n) is 2.77. The predicted octanol–water partition coefficient (Wildman–Crippen LogP) is 0.887. The van der Waals surface area contributed by atoms with Gasteiger partial charge in [-0.3, -0.25) is 4.90 Å². The van der Waals surface area contributed by atoms with E-state index >= 15 is 0 Å². The van der Waals surface area contributed by atoms with Gasteiger partial charge in [0, 0.05) is 31.0 Å². The van der Waals surface area contributed by atoms with E-state index in [0.717, 1.165) is 38.2 Å². The molecule has 1 saturated heterocycles. The Kier molecular flexibility index (Phi) is 5.80. The van der Waals surface area contributed by atoms with Crippen LogP contribution in [0.1, 0.15) is 32.4 Å². The number of likely N-dealkylation sites (N-methyl/N-ethyl adjacent to an activating group) is 1. The molecule has 0 radical (unpaired) electrons. The molecule has 0 saturated carbocycles. The van der Waals surface area contributed by atoms with Crippen LogP contribution in [0.2, 0.25) is 0 Å². The summed E-state index contributed by atoms with van der Waals surface area (Å²) in [5, 5.41) is 3.17. The van der Waals surface area contributed by atoms with E-state index in [0.29, 0.717) is 24.0 Å². The molecule has 1 aromatic rings. The summed E-state index contributed by atoms with van der Waals surface area (Å²) in [7, 11) is -3.42. The fourth-order valence-corrected chi connectivity index (χ4v) is 3.86. The molecule has 0 bridgehead atoms. The van der Waals surface area contributed by atoms with Gasteiger partial charge in [0.05, 0.1) is 4.90 Å². The quantitative estimate of drug-likeness (QED) is 0.666. The Hall–Kier alpha value is -0.890. The van der Waals surface area contributed by atoms with Crippen LogP contribution in [0.15, 0.2) is 17.2 Å². The van der Waals surface area contributed by atoms with Crippen LogP contribution in [-0.2, 0) is 16.6 Å². The highest BCUT2D eigenvalue weighted by Gasteiger charge is 2.25. The highest BCUT2D eigenvalue weighted by atomic mass is 32.2. The van der Waals surface area contributed by atoms with Gasteiger partial charge in [-0.05, 0) is 38.5 Å². The molecule has 1 aliphatic heterocycles. The summed E-state index contributed by atoms with van der Waals surface area (Å²) in [5.41, 5.74) is 0.883. The first-order chi connectivity index (χ1) is 10.1. The number of sulfonamides is 1. The molecule has 0 aliphatic carbocycles. The number of aromatic amines is 1. The summed E-state index contributed by atoms with van der Waals surface area (Å²) in [5.74, 6) is 0. The molecule has 0 amide bonds. The molecule has 1 atom stereocenters. The van der Waals surface area contributed by atoms with Crippen molar-refractivity contribution in [2.75, 3.05) is 26.2 Å². The Bertz CT molecular complexity index is 541. The van der Waals surface area contributed by atoms with E-state index < -0.39 is 10.0 Å². The smallest absolute Gasteiger partial charge is 0.242 e. The molecule has 6 nitrogen and oxygen atoms in total. The topological polar surface area (TPSA) is 77.2 Å². The van der Waals surface area contributed by atoms with Crippen molar-refractivity contribution in [3.05, 3.63) is 18.0 Å². The lowest BCUT2D eigenvalue weighted by Gasteiger charge is -2.22. The SMILES string of the molecule is CCNCc1cc(S(=O)(=O)NCC2CCCN2CC)c[nH]1. The summed E-state index contributed by atoms with van der Waals surface area (Å²) < 4.78 is 27.3. The standard InChI is InChI=1S/C14H26N4O2S/c1-3-15-9-12-8-14(11-16-12)21(19,20)17-10-13-6-5-7-18(13)4-2/h8,11,13,15-17H,3-7,9-10H2,1-2H3. The van der Waals surface area contributed by atoms with Crippen molar-refractivity contribution in [3.63, 3.8) is 0 Å². The van der Waals surface area contributed by atoms with Crippen molar-refractivity contribution < 1.29 is 8.42 Å². The first kappa shape index (κ1) is 16.5.